The minimum absolute atomic E-state index is 0.160. The zero-order valence-electron chi connectivity index (χ0n) is 21.0. The molecule has 3 aromatic rings. The highest BCUT2D eigenvalue weighted by Gasteiger charge is 2.28. The fourth-order valence-electron chi connectivity index (χ4n) is 4.70. The first-order valence-corrected chi connectivity index (χ1v) is 13.1. The first kappa shape index (κ1) is 26.2. The molecule has 5 nitrogen and oxygen atoms in total. The Hall–Kier alpha value is -2.86. The van der Waals surface area contributed by atoms with Gasteiger partial charge >= 0.3 is 0 Å². The first-order chi connectivity index (χ1) is 17.5. The summed E-state index contributed by atoms with van der Waals surface area (Å²) in [5, 5.41) is 4.25. The average molecular weight is 506 g/mol. The van der Waals surface area contributed by atoms with Crippen LogP contribution in [0.4, 0.5) is 0 Å². The predicted molar refractivity (Wildman–Crippen MR) is 146 cm³/mol. The highest BCUT2D eigenvalue weighted by atomic mass is 35.5. The molecular weight excluding hydrogens is 470 g/mol. The van der Waals surface area contributed by atoms with E-state index >= 15 is 0 Å². The molecule has 0 aliphatic heterocycles. The van der Waals surface area contributed by atoms with Crippen molar-refractivity contribution in [2.45, 2.75) is 63.9 Å². The number of amides is 1. The van der Waals surface area contributed by atoms with E-state index in [4.69, 9.17) is 22.1 Å². The number of nitrogens with one attached hydrogen (secondary N) is 1. The maximum absolute atomic E-state index is 13.5. The minimum atomic E-state index is -0.292. The molecular formula is C30H36ClN3O2. The van der Waals surface area contributed by atoms with Crippen molar-refractivity contribution in [3.63, 3.8) is 0 Å². The fourth-order valence-corrected chi connectivity index (χ4v) is 4.83. The number of benzene rings is 3. The number of carbonyl (C=O) groups is 1. The van der Waals surface area contributed by atoms with Gasteiger partial charge in [-0.2, -0.15) is 0 Å². The van der Waals surface area contributed by atoms with Gasteiger partial charge < -0.3 is 20.7 Å². The van der Waals surface area contributed by atoms with Crippen LogP contribution in [0.15, 0.2) is 72.8 Å². The molecule has 6 heteroatoms. The van der Waals surface area contributed by atoms with Gasteiger partial charge in [0.2, 0.25) is 5.91 Å². The standard InChI is InChI=1S/C30H36ClN3O2/c1-34(27-4-2-3-5-27)30(35)29(18-22-6-8-23(19-32)9-7-22)33-20-24-12-16-28(17-13-24)36-21-25-10-14-26(31)15-11-25/h6-17,27,29,33H,2-5,18-21,32H2,1H3/t29-/m0/s1. The fraction of sp³-hybridized carbons (Fsp3) is 0.367. The lowest BCUT2D eigenvalue weighted by atomic mass is 10.0. The summed E-state index contributed by atoms with van der Waals surface area (Å²) in [5.41, 5.74) is 10.1. The summed E-state index contributed by atoms with van der Waals surface area (Å²) in [5.74, 6) is 0.968. The van der Waals surface area contributed by atoms with Crippen molar-refractivity contribution in [1.82, 2.24) is 10.2 Å². The Bertz CT molecular complexity index is 1090. The summed E-state index contributed by atoms with van der Waals surface area (Å²) < 4.78 is 5.90. The van der Waals surface area contributed by atoms with Gasteiger partial charge in [0, 0.05) is 31.2 Å². The van der Waals surface area contributed by atoms with Gasteiger partial charge in [0.15, 0.2) is 0 Å². The molecule has 1 atom stereocenters. The number of nitrogens with two attached hydrogens (primary N) is 1. The highest BCUT2D eigenvalue weighted by molar-refractivity contribution is 6.30. The second-order valence-corrected chi connectivity index (χ2v) is 10.0. The van der Waals surface area contributed by atoms with E-state index in [0.717, 1.165) is 45.9 Å². The van der Waals surface area contributed by atoms with Crippen LogP contribution in [0.1, 0.15) is 47.9 Å². The molecule has 0 saturated heterocycles. The molecule has 1 amide bonds. The smallest absolute Gasteiger partial charge is 0.240 e. The van der Waals surface area contributed by atoms with E-state index in [9.17, 15) is 4.79 Å². The van der Waals surface area contributed by atoms with Gasteiger partial charge in [-0.15, -0.1) is 0 Å². The third kappa shape index (κ3) is 7.33. The molecule has 190 valence electrons. The molecule has 0 heterocycles. The number of ether oxygens (including phenoxy) is 1. The monoisotopic (exact) mass is 505 g/mol. The van der Waals surface area contributed by atoms with Crippen molar-refractivity contribution in [2.75, 3.05) is 7.05 Å². The van der Waals surface area contributed by atoms with Gasteiger partial charge in [-0.05, 0) is 65.8 Å². The number of likely N-dealkylation sites (N-methyl/N-ethyl adjacent to an activating group) is 1. The Morgan fingerprint density at radius 3 is 2.17 bits per heavy atom. The number of nitrogens with zero attached hydrogens (tertiary/aromatic N) is 1. The predicted octanol–water partition coefficient (Wildman–Crippen LogP) is 5.48. The summed E-state index contributed by atoms with van der Waals surface area (Å²) in [6.07, 6.45) is 5.24. The van der Waals surface area contributed by atoms with E-state index in [2.05, 4.69) is 17.4 Å². The van der Waals surface area contributed by atoms with Crippen LogP contribution in [0, 0.1) is 0 Å². The van der Waals surface area contributed by atoms with Crippen LogP contribution >= 0.6 is 11.6 Å². The zero-order chi connectivity index (χ0) is 25.3. The Morgan fingerprint density at radius 2 is 1.53 bits per heavy atom. The number of carbonyl (C=O) groups excluding carboxylic acids is 1. The van der Waals surface area contributed by atoms with E-state index in [-0.39, 0.29) is 11.9 Å². The van der Waals surface area contributed by atoms with Crippen LogP contribution in [0.5, 0.6) is 5.75 Å². The Labute approximate surface area is 219 Å². The normalized spacial score (nSPS) is 14.5. The van der Waals surface area contributed by atoms with Crippen LogP contribution in [0.3, 0.4) is 0 Å². The highest BCUT2D eigenvalue weighted by Crippen LogP contribution is 2.23. The van der Waals surface area contributed by atoms with Crippen LogP contribution in [0.2, 0.25) is 5.02 Å². The SMILES string of the molecule is CN(C(=O)[C@H](Cc1ccc(CN)cc1)NCc1ccc(OCc2ccc(Cl)cc2)cc1)C1CCCC1. The van der Waals surface area contributed by atoms with Gasteiger partial charge in [-0.1, -0.05) is 73.0 Å². The van der Waals surface area contributed by atoms with Gasteiger partial charge in [0.1, 0.15) is 12.4 Å². The summed E-state index contributed by atoms with van der Waals surface area (Å²) in [4.78, 5) is 15.5. The minimum Gasteiger partial charge on any atom is -0.489 e. The maximum Gasteiger partial charge on any atom is 0.240 e. The van der Waals surface area contributed by atoms with Crippen molar-refractivity contribution in [1.29, 1.82) is 0 Å². The van der Waals surface area contributed by atoms with Gasteiger partial charge in [0.05, 0.1) is 6.04 Å². The second kappa shape index (κ2) is 12.9. The Kier molecular flexibility index (Phi) is 9.40. The Morgan fingerprint density at radius 1 is 0.944 bits per heavy atom. The third-order valence-electron chi connectivity index (χ3n) is 7.01. The lowest BCUT2D eigenvalue weighted by Crippen LogP contribution is -2.49. The molecule has 1 aliphatic rings. The molecule has 0 aromatic heterocycles. The average Bonchev–Trinajstić information content (AvgIpc) is 3.46. The molecule has 0 unspecified atom stereocenters. The zero-order valence-corrected chi connectivity index (χ0v) is 21.7. The molecule has 1 aliphatic carbocycles. The molecule has 1 saturated carbocycles. The molecule has 1 fully saturated rings. The first-order valence-electron chi connectivity index (χ1n) is 12.8. The van der Waals surface area contributed by atoms with Crippen molar-refractivity contribution in [3.8, 4) is 5.75 Å². The van der Waals surface area contributed by atoms with E-state index in [0.29, 0.717) is 32.2 Å². The van der Waals surface area contributed by atoms with E-state index < -0.39 is 0 Å². The Balaban J connectivity index is 1.37. The van der Waals surface area contributed by atoms with E-state index in [1.54, 1.807) is 0 Å². The number of rotatable bonds is 11. The lowest BCUT2D eigenvalue weighted by molar-refractivity contribution is -0.134. The quantitative estimate of drug-likeness (QED) is 0.362. The van der Waals surface area contributed by atoms with Crippen LogP contribution < -0.4 is 15.8 Å². The number of halogens is 1. The van der Waals surface area contributed by atoms with Gasteiger partial charge in [0.25, 0.3) is 0 Å². The molecule has 4 rings (SSSR count). The van der Waals surface area contributed by atoms with Crippen molar-refractivity contribution in [2.24, 2.45) is 5.73 Å². The van der Waals surface area contributed by atoms with Crippen molar-refractivity contribution in [3.05, 3.63) is 100 Å². The molecule has 36 heavy (non-hydrogen) atoms. The van der Waals surface area contributed by atoms with Crippen LogP contribution in [0.25, 0.3) is 0 Å². The maximum atomic E-state index is 13.5. The molecule has 0 radical (unpaired) electrons. The lowest BCUT2D eigenvalue weighted by Gasteiger charge is -2.29. The topological polar surface area (TPSA) is 67.6 Å². The number of hydrogen-bond donors (Lipinski definition) is 2. The van der Waals surface area contributed by atoms with Crippen molar-refractivity contribution >= 4 is 17.5 Å². The van der Waals surface area contributed by atoms with Crippen LogP contribution in [-0.4, -0.2) is 29.9 Å². The second-order valence-electron chi connectivity index (χ2n) is 9.60. The van der Waals surface area contributed by atoms with Crippen molar-refractivity contribution < 1.29 is 9.53 Å². The largest absolute Gasteiger partial charge is 0.489 e. The summed E-state index contributed by atoms with van der Waals surface area (Å²) >= 11 is 5.95. The molecule has 3 N–H and O–H groups in total. The third-order valence-corrected chi connectivity index (χ3v) is 7.26. The summed E-state index contributed by atoms with van der Waals surface area (Å²) in [6, 6.07) is 24.0. The van der Waals surface area contributed by atoms with Gasteiger partial charge in [-0.25, -0.2) is 0 Å². The molecule has 0 bridgehead atoms. The molecule has 3 aromatic carbocycles. The summed E-state index contributed by atoms with van der Waals surface area (Å²) in [6.45, 7) is 1.61. The van der Waals surface area contributed by atoms with Crippen LogP contribution in [-0.2, 0) is 30.9 Å². The van der Waals surface area contributed by atoms with Gasteiger partial charge in [-0.3, -0.25) is 4.79 Å². The van der Waals surface area contributed by atoms with E-state index in [1.165, 1.54) is 12.8 Å². The summed E-state index contributed by atoms with van der Waals surface area (Å²) in [7, 11) is 1.96. The number of hydrogen-bond acceptors (Lipinski definition) is 4. The molecule has 0 spiro atoms. The van der Waals surface area contributed by atoms with E-state index in [1.807, 2.05) is 72.6 Å².